The zero-order valence-corrected chi connectivity index (χ0v) is 16.4. The first-order valence-electron chi connectivity index (χ1n) is 9.89. The fourth-order valence-electron chi connectivity index (χ4n) is 3.36. The lowest BCUT2D eigenvalue weighted by Gasteiger charge is -2.21. The quantitative estimate of drug-likeness (QED) is 0.152. The van der Waals surface area contributed by atoms with Gasteiger partial charge in [-0.05, 0) is 30.9 Å². The molecule has 1 aliphatic rings. The predicted octanol–water partition coefficient (Wildman–Crippen LogP) is 1.89. The number of anilines is 1. The number of nitrogens with zero attached hydrogens (tertiary/aromatic N) is 1. The molecule has 3 amide bonds. The lowest BCUT2D eigenvalue weighted by atomic mass is 9.99. The summed E-state index contributed by atoms with van der Waals surface area (Å²) in [5, 5.41) is 18.6. The van der Waals surface area contributed by atoms with Crippen molar-refractivity contribution in [3.63, 3.8) is 0 Å². The monoisotopic (exact) mass is 390 g/mol. The van der Waals surface area contributed by atoms with E-state index >= 15 is 0 Å². The SMILES string of the molecule is CCCCC[C@@H](CN(O)C=O)C(=O)NCNC(=O)c1cccc2c1NCCC2. The second kappa shape index (κ2) is 11.3. The maximum atomic E-state index is 12.5. The van der Waals surface area contributed by atoms with Crippen molar-refractivity contribution < 1.29 is 19.6 Å². The highest BCUT2D eigenvalue weighted by Crippen LogP contribution is 2.25. The number of hydrogen-bond acceptors (Lipinski definition) is 5. The first kappa shape index (κ1) is 21.7. The smallest absolute Gasteiger partial charge is 0.254 e. The van der Waals surface area contributed by atoms with Crippen molar-refractivity contribution in [1.29, 1.82) is 0 Å². The van der Waals surface area contributed by atoms with Gasteiger partial charge < -0.3 is 16.0 Å². The van der Waals surface area contributed by atoms with Crippen LogP contribution in [0.3, 0.4) is 0 Å². The van der Waals surface area contributed by atoms with E-state index in [2.05, 4.69) is 22.9 Å². The highest BCUT2D eigenvalue weighted by molar-refractivity contribution is 6.00. The first-order valence-corrected chi connectivity index (χ1v) is 9.89. The molecule has 0 bridgehead atoms. The van der Waals surface area contributed by atoms with E-state index in [0.29, 0.717) is 17.0 Å². The molecule has 8 nitrogen and oxygen atoms in total. The fraction of sp³-hybridized carbons (Fsp3) is 0.550. The average Bonchev–Trinajstić information content (AvgIpc) is 2.72. The van der Waals surface area contributed by atoms with Crippen LogP contribution < -0.4 is 16.0 Å². The molecular formula is C20H30N4O4. The Balaban J connectivity index is 1.88. The molecule has 0 spiro atoms. The molecule has 1 aromatic carbocycles. The third-order valence-electron chi connectivity index (χ3n) is 4.89. The Labute approximate surface area is 165 Å². The van der Waals surface area contributed by atoms with Crippen LogP contribution in [0.5, 0.6) is 0 Å². The van der Waals surface area contributed by atoms with E-state index in [1.165, 1.54) is 0 Å². The van der Waals surface area contributed by atoms with Gasteiger partial charge >= 0.3 is 0 Å². The van der Waals surface area contributed by atoms with Gasteiger partial charge in [0.05, 0.1) is 30.4 Å². The Morgan fingerprint density at radius 3 is 2.89 bits per heavy atom. The third-order valence-corrected chi connectivity index (χ3v) is 4.89. The zero-order valence-electron chi connectivity index (χ0n) is 16.4. The molecule has 0 unspecified atom stereocenters. The minimum absolute atomic E-state index is 0.0157. The van der Waals surface area contributed by atoms with Gasteiger partial charge in [0.15, 0.2) is 0 Å². The molecule has 0 aromatic heterocycles. The second-order valence-corrected chi connectivity index (χ2v) is 7.01. The van der Waals surface area contributed by atoms with Crippen LogP contribution in [-0.4, -0.2) is 48.3 Å². The van der Waals surface area contributed by atoms with Crippen LogP contribution in [0.2, 0.25) is 0 Å². The first-order chi connectivity index (χ1) is 13.6. The summed E-state index contributed by atoms with van der Waals surface area (Å²) in [6.45, 7) is 2.81. The molecule has 1 aliphatic heterocycles. The van der Waals surface area contributed by atoms with Crippen molar-refractivity contribution in [3.8, 4) is 0 Å². The van der Waals surface area contributed by atoms with Crippen LogP contribution in [0.1, 0.15) is 54.9 Å². The molecule has 0 saturated carbocycles. The molecule has 4 N–H and O–H groups in total. The van der Waals surface area contributed by atoms with Crippen molar-refractivity contribution >= 4 is 23.9 Å². The topological polar surface area (TPSA) is 111 Å². The minimum Gasteiger partial charge on any atom is -0.384 e. The Morgan fingerprint density at radius 2 is 2.14 bits per heavy atom. The number of aryl methyl sites for hydroxylation is 1. The molecule has 1 atom stereocenters. The third kappa shape index (κ3) is 6.23. The molecule has 1 heterocycles. The number of benzene rings is 1. The van der Waals surface area contributed by atoms with E-state index < -0.39 is 5.92 Å². The van der Waals surface area contributed by atoms with Crippen molar-refractivity contribution in [1.82, 2.24) is 15.7 Å². The molecule has 0 radical (unpaired) electrons. The summed E-state index contributed by atoms with van der Waals surface area (Å²) in [6.07, 6.45) is 5.64. The number of para-hydroxylation sites is 1. The van der Waals surface area contributed by atoms with Gasteiger partial charge in [-0.3, -0.25) is 19.6 Å². The van der Waals surface area contributed by atoms with E-state index in [0.717, 1.165) is 49.9 Å². The number of carbonyl (C=O) groups excluding carboxylic acids is 3. The van der Waals surface area contributed by atoms with E-state index in [1.807, 2.05) is 12.1 Å². The van der Waals surface area contributed by atoms with E-state index in [4.69, 9.17) is 0 Å². The maximum Gasteiger partial charge on any atom is 0.254 e. The highest BCUT2D eigenvalue weighted by Gasteiger charge is 2.21. The average molecular weight is 390 g/mol. The molecule has 0 fully saturated rings. The largest absolute Gasteiger partial charge is 0.384 e. The Kier molecular flexibility index (Phi) is 8.74. The summed E-state index contributed by atoms with van der Waals surface area (Å²) in [5.41, 5.74) is 2.54. The number of nitrogens with one attached hydrogen (secondary N) is 3. The van der Waals surface area contributed by atoms with Gasteiger partial charge in [-0.15, -0.1) is 0 Å². The maximum absolute atomic E-state index is 12.5. The molecule has 0 aliphatic carbocycles. The van der Waals surface area contributed by atoms with Crippen molar-refractivity contribution in [2.75, 3.05) is 25.1 Å². The number of amides is 3. The van der Waals surface area contributed by atoms with Crippen molar-refractivity contribution in [2.45, 2.75) is 45.4 Å². The Hall–Kier alpha value is -2.61. The predicted molar refractivity (Wildman–Crippen MR) is 106 cm³/mol. The fourth-order valence-corrected chi connectivity index (χ4v) is 3.36. The molecule has 1 aromatic rings. The summed E-state index contributed by atoms with van der Waals surface area (Å²) < 4.78 is 0. The summed E-state index contributed by atoms with van der Waals surface area (Å²) in [6, 6.07) is 5.63. The Bertz CT molecular complexity index is 680. The van der Waals surface area contributed by atoms with Gasteiger partial charge in [0.25, 0.3) is 5.91 Å². The van der Waals surface area contributed by atoms with Gasteiger partial charge in [0, 0.05) is 6.54 Å². The lowest BCUT2D eigenvalue weighted by molar-refractivity contribution is -0.154. The van der Waals surface area contributed by atoms with E-state index in [9.17, 15) is 19.6 Å². The van der Waals surface area contributed by atoms with Gasteiger partial charge in [-0.25, -0.2) is 5.06 Å². The number of hydroxylamine groups is 2. The summed E-state index contributed by atoms with van der Waals surface area (Å²) in [4.78, 5) is 35.6. The normalized spacial score (nSPS) is 13.6. The standard InChI is InChI=1S/C20H30N4O4/c1-2-3-4-7-16(12-24(28)14-25)19(26)22-13-23-20(27)17-10-5-8-15-9-6-11-21-18(15)17/h5,8,10,14,16,21,28H,2-4,6-7,9,11-13H2,1H3,(H,22,26)(H,23,27)/t16-/m0/s1. The van der Waals surface area contributed by atoms with Crippen LogP contribution in [0.4, 0.5) is 5.69 Å². The summed E-state index contributed by atoms with van der Waals surface area (Å²) in [7, 11) is 0. The number of carbonyl (C=O) groups is 3. The molecule has 154 valence electrons. The molecule has 2 rings (SSSR count). The number of hydrogen-bond donors (Lipinski definition) is 4. The van der Waals surface area contributed by atoms with Crippen LogP contribution in [0.25, 0.3) is 0 Å². The van der Waals surface area contributed by atoms with Crippen LogP contribution in [0, 0.1) is 5.92 Å². The van der Waals surface area contributed by atoms with Crippen LogP contribution >= 0.6 is 0 Å². The van der Waals surface area contributed by atoms with Crippen LogP contribution in [0.15, 0.2) is 18.2 Å². The lowest BCUT2D eigenvalue weighted by Crippen LogP contribution is -2.43. The molecule has 28 heavy (non-hydrogen) atoms. The number of fused-ring (bicyclic) bond motifs is 1. The summed E-state index contributed by atoms with van der Waals surface area (Å²) >= 11 is 0. The van der Waals surface area contributed by atoms with Gasteiger partial charge in [-0.1, -0.05) is 38.3 Å². The van der Waals surface area contributed by atoms with Gasteiger partial charge in [0.1, 0.15) is 0 Å². The van der Waals surface area contributed by atoms with Gasteiger partial charge in [-0.2, -0.15) is 0 Å². The second-order valence-electron chi connectivity index (χ2n) is 7.01. The molecular weight excluding hydrogens is 360 g/mol. The number of unbranched alkanes of at least 4 members (excludes halogenated alkanes) is 2. The number of rotatable bonds is 11. The van der Waals surface area contributed by atoms with Crippen LogP contribution in [-0.2, 0) is 16.0 Å². The highest BCUT2D eigenvalue weighted by atomic mass is 16.5. The van der Waals surface area contributed by atoms with Crippen molar-refractivity contribution in [3.05, 3.63) is 29.3 Å². The minimum atomic E-state index is -0.523. The zero-order chi connectivity index (χ0) is 20.4. The van der Waals surface area contributed by atoms with E-state index in [1.54, 1.807) is 6.07 Å². The van der Waals surface area contributed by atoms with E-state index in [-0.39, 0.29) is 31.4 Å². The Morgan fingerprint density at radius 1 is 1.32 bits per heavy atom. The molecule has 0 saturated heterocycles. The molecule has 8 heteroatoms. The summed E-state index contributed by atoms with van der Waals surface area (Å²) in [5.74, 6) is -1.08. The van der Waals surface area contributed by atoms with Gasteiger partial charge in [0.2, 0.25) is 12.3 Å². The van der Waals surface area contributed by atoms with Crippen molar-refractivity contribution in [2.24, 2.45) is 5.92 Å².